The summed E-state index contributed by atoms with van der Waals surface area (Å²) in [6, 6.07) is 1.11. The molecule has 29 heavy (non-hydrogen) atoms. The minimum Gasteiger partial charge on any atom is -0.491 e. The third-order valence-corrected chi connectivity index (χ3v) is 2.81. The second kappa shape index (κ2) is 23.6. The first-order chi connectivity index (χ1) is 13.1. The number of carbonyl (C=O) groups is 1. The van der Waals surface area contributed by atoms with Crippen molar-refractivity contribution in [2.24, 2.45) is 0 Å². The molecule has 6 nitrogen and oxygen atoms in total. The molecule has 0 N–H and O–H groups in total. The number of carbonyl (C=O) groups excluding carboxylic acids is 1. The molecule has 1 rings (SSSR count). The number of hydrogen-bond donors (Lipinski definition) is 0. The van der Waals surface area contributed by atoms with Crippen molar-refractivity contribution >= 4 is 6.29 Å². The normalized spacial score (nSPS) is 9.55. The molecule has 0 radical (unpaired) electrons. The van der Waals surface area contributed by atoms with E-state index in [1.54, 1.807) is 0 Å². The van der Waals surface area contributed by atoms with Gasteiger partial charge in [-0.05, 0) is 0 Å². The number of rotatable bonds is 14. The van der Waals surface area contributed by atoms with Gasteiger partial charge < -0.3 is 42.8 Å². The van der Waals surface area contributed by atoms with Crippen LogP contribution in [0.4, 0.5) is 13.2 Å². The Bertz CT molecular complexity index is 486. The summed E-state index contributed by atoms with van der Waals surface area (Å²) in [7, 11) is 1.11. The standard InChI is InChI=1S/C11H21O5.C7H5F3O.CH3.Na/c1-2-13-6-7-15-10-11-16-9-8-14-5-3-4-12;1-11-7-5(9)2-4(8)3-6(7)10;;/h4H,1-3,5-11H2;2-3H,1H3;1H3;/q-1;;-1;+1. The molecule has 0 aliphatic heterocycles. The van der Waals surface area contributed by atoms with Crippen molar-refractivity contribution in [2.45, 2.75) is 6.42 Å². The van der Waals surface area contributed by atoms with E-state index in [9.17, 15) is 18.0 Å². The van der Waals surface area contributed by atoms with Gasteiger partial charge in [0.1, 0.15) is 12.1 Å². The molecule has 0 saturated heterocycles. The molecule has 0 aliphatic carbocycles. The van der Waals surface area contributed by atoms with E-state index >= 15 is 0 Å². The zero-order valence-corrected chi connectivity index (χ0v) is 19.4. The molecule has 0 unspecified atom stereocenters. The Morgan fingerprint density at radius 3 is 1.66 bits per heavy atom. The van der Waals surface area contributed by atoms with Crippen molar-refractivity contribution < 1.29 is 71.2 Å². The van der Waals surface area contributed by atoms with E-state index in [1.807, 2.05) is 0 Å². The van der Waals surface area contributed by atoms with Crippen LogP contribution in [0.15, 0.2) is 12.1 Å². The summed E-state index contributed by atoms with van der Waals surface area (Å²) >= 11 is 0. The van der Waals surface area contributed by atoms with E-state index in [0.29, 0.717) is 71.4 Å². The molecule has 1 aromatic rings. The number of benzene rings is 1. The minimum atomic E-state index is -1.04. The number of hydrogen-bond acceptors (Lipinski definition) is 6. The average molecular weight is 433 g/mol. The summed E-state index contributed by atoms with van der Waals surface area (Å²) in [4.78, 5) is 9.95. The van der Waals surface area contributed by atoms with Crippen LogP contribution >= 0.6 is 0 Å². The van der Waals surface area contributed by atoms with Gasteiger partial charge in [-0.25, -0.2) is 13.2 Å². The number of methoxy groups -OCH3 is 1. The molecule has 0 aliphatic rings. The fourth-order valence-electron chi connectivity index (χ4n) is 1.62. The maximum atomic E-state index is 12.5. The molecule has 0 aromatic heterocycles. The van der Waals surface area contributed by atoms with Gasteiger partial charge in [0.05, 0.1) is 53.4 Å². The Kier molecular flexibility index (Phi) is 26.8. The monoisotopic (exact) mass is 433 g/mol. The SMILES string of the molecule is COc1c(F)cc(F)cc1F.[CH2-]COCCOCCOCCOCCC=O.[CH3-].[Na+]. The molecule has 0 bridgehead atoms. The van der Waals surface area contributed by atoms with Gasteiger partial charge in [0, 0.05) is 18.6 Å². The van der Waals surface area contributed by atoms with Crippen LogP contribution in [0.1, 0.15) is 6.42 Å². The zero-order valence-electron chi connectivity index (χ0n) is 17.4. The van der Waals surface area contributed by atoms with Crippen molar-refractivity contribution in [3.8, 4) is 5.75 Å². The molecular weight excluding hydrogens is 404 g/mol. The predicted octanol–water partition coefficient (Wildman–Crippen LogP) is 0.0427. The third-order valence-electron chi connectivity index (χ3n) is 2.81. The van der Waals surface area contributed by atoms with Gasteiger partial charge in [-0.2, -0.15) is 0 Å². The maximum absolute atomic E-state index is 12.5. The van der Waals surface area contributed by atoms with Crippen molar-refractivity contribution in [1.82, 2.24) is 0 Å². The van der Waals surface area contributed by atoms with Crippen LogP contribution in [0.2, 0.25) is 0 Å². The third kappa shape index (κ3) is 19.1. The van der Waals surface area contributed by atoms with Gasteiger partial charge in [0.15, 0.2) is 17.4 Å². The van der Waals surface area contributed by atoms with E-state index < -0.39 is 23.2 Å². The van der Waals surface area contributed by atoms with Crippen molar-refractivity contribution in [2.75, 3.05) is 60.0 Å². The Balaban J connectivity index is -0.000000459. The first kappa shape index (κ1) is 33.0. The van der Waals surface area contributed by atoms with E-state index in [4.69, 9.17) is 18.9 Å². The topological polar surface area (TPSA) is 63.2 Å². The molecule has 164 valence electrons. The zero-order chi connectivity index (χ0) is 20.3. The smallest absolute Gasteiger partial charge is 0.491 e. The number of aldehydes is 1. The first-order valence-corrected chi connectivity index (χ1v) is 8.29. The Hall–Kier alpha value is -0.680. The summed E-state index contributed by atoms with van der Waals surface area (Å²) in [5, 5.41) is 0. The molecular formula is C19H29F3NaO6-. The first-order valence-electron chi connectivity index (χ1n) is 8.29. The van der Waals surface area contributed by atoms with Crippen molar-refractivity contribution in [3.05, 3.63) is 43.9 Å². The number of ether oxygens (including phenoxy) is 5. The van der Waals surface area contributed by atoms with Crippen LogP contribution in [0.25, 0.3) is 0 Å². The molecule has 0 amide bonds. The predicted molar refractivity (Wildman–Crippen MR) is 98.6 cm³/mol. The summed E-state index contributed by atoms with van der Waals surface area (Å²) in [6.45, 7) is 7.73. The fraction of sp³-hybridized carbons (Fsp3) is 0.526. The van der Waals surface area contributed by atoms with Gasteiger partial charge in [0.2, 0.25) is 0 Å². The Morgan fingerprint density at radius 2 is 1.28 bits per heavy atom. The minimum absolute atomic E-state index is 0. The average Bonchev–Trinajstić information content (AvgIpc) is 2.63. The molecule has 0 saturated carbocycles. The van der Waals surface area contributed by atoms with Crippen molar-refractivity contribution in [3.63, 3.8) is 0 Å². The van der Waals surface area contributed by atoms with Gasteiger partial charge in [0.25, 0.3) is 0 Å². The van der Waals surface area contributed by atoms with Crippen LogP contribution in [0.5, 0.6) is 5.75 Å². The second-order valence-electron chi connectivity index (χ2n) is 4.81. The molecule has 1 aromatic carbocycles. The molecule has 0 atom stereocenters. The summed E-state index contributed by atoms with van der Waals surface area (Å²) in [5.74, 6) is -3.60. The molecule has 0 spiro atoms. The largest absolute Gasteiger partial charge is 1.00 e. The quantitative estimate of drug-likeness (QED) is 0.179. The van der Waals surface area contributed by atoms with E-state index in [2.05, 4.69) is 11.7 Å². The summed E-state index contributed by atoms with van der Waals surface area (Å²) in [5.41, 5.74) is 0. The summed E-state index contributed by atoms with van der Waals surface area (Å²) < 4.78 is 62.1. The van der Waals surface area contributed by atoms with Gasteiger partial charge in [-0.15, -0.1) is 0 Å². The Labute approximate surface area is 193 Å². The maximum Gasteiger partial charge on any atom is 1.00 e. The number of halogens is 3. The fourth-order valence-corrected chi connectivity index (χ4v) is 1.62. The van der Waals surface area contributed by atoms with Gasteiger partial charge in [-0.3, -0.25) is 0 Å². The second-order valence-corrected chi connectivity index (χ2v) is 4.81. The van der Waals surface area contributed by atoms with Gasteiger partial charge in [-0.1, -0.05) is 6.61 Å². The molecule has 0 heterocycles. The van der Waals surface area contributed by atoms with E-state index in [-0.39, 0.29) is 37.0 Å². The van der Waals surface area contributed by atoms with E-state index in [1.165, 1.54) is 0 Å². The van der Waals surface area contributed by atoms with Crippen LogP contribution in [-0.4, -0.2) is 66.3 Å². The Morgan fingerprint density at radius 1 is 0.862 bits per heavy atom. The van der Waals surface area contributed by atoms with Crippen LogP contribution < -0.4 is 34.3 Å². The molecule has 0 fully saturated rings. The van der Waals surface area contributed by atoms with Crippen molar-refractivity contribution in [1.29, 1.82) is 0 Å². The molecule has 10 heteroatoms. The van der Waals surface area contributed by atoms with Crippen LogP contribution in [-0.2, 0) is 23.7 Å². The van der Waals surface area contributed by atoms with Gasteiger partial charge >= 0.3 is 29.6 Å². The van der Waals surface area contributed by atoms with Crippen LogP contribution in [0.3, 0.4) is 0 Å². The van der Waals surface area contributed by atoms with E-state index in [0.717, 1.165) is 13.4 Å². The van der Waals surface area contributed by atoms with Crippen LogP contribution in [0, 0.1) is 31.8 Å². The summed E-state index contributed by atoms with van der Waals surface area (Å²) in [6.07, 6.45) is 1.28.